The summed E-state index contributed by atoms with van der Waals surface area (Å²) in [7, 11) is 1.65. The fraction of sp³-hybridized carbons (Fsp3) is 0.286. The summed E-state index contributed by atoms with van der Waals surface area (Å²) in [6.07, 6.45) is 5.57. The van der Waals surface area contributed by atoms with Crippen molar-refractivity contribution in [1.29, 1.82) is 0 Å². The van der Waals surface area contributed by atoms with Gasteiger partial charge in [0.15, 0.2) is 0 Å². The Morgan fingerprint density at radius 1 is 1.04 bits per heavy atom. The maximum absolute atomic E-state index is 12.2. The largest absolute Gasteiger partial charge is 0.355 e. The first-order valence-electron chi connectivity index (χ1n) is 9.09. The first-order chi connectivity index (χ1) is 12.8. The van der Waals surface area contributed by atoms with Gasteiger partial charge in [0.25, 0.3) is 5.91 Å². The first-order valence-corrected chi connectivity index (χ1v) is 9.09. The average Bonchev–Trinajstić information content (AvgIpc) is 2.73. The summed E-state index contributed by atoms with van der Waals surface area (Å²) in [6.45, 7) is 2.08. The number of rotatable bonds is 3. The maximum atomic E-state index is 12.2. The third-order valence-electron chi connectivity index (χ3n) is 4.92. The predicted molar refractivity (Wildman–Crippen MR) is 104 cm³/mol. The van der Waals surface area contributed by atoms with E-state index in [0.717, 1.165) is 41.1 Å². The highest BCUT2D eigenvalue weighted by Crippen LogP contribution is 2.27. The number of fused-ring (bicyclic) bond motifs is 1. The number of nitrogens with zero attached hydrogens (tertiary/aromatic N) is 3. The van der Waals surface area contributed by atoms with Gasteiger partial charge in [-0.3, -0.25) is 9.78 Å². The zero-order valence-corrected chi connectivity index (χ0v) is 14.9. The summed E-state index contributed by atoms with van der Waals surface area (Å²) >= 11 is 0. The van der Waals surface area contributed by atoms with Crippen LogP contribution in [0.15, 0.2) is 48.7 Å². The monoisotopic (exact) mass is 346 g/mol. The molecule has 0 bridgehead atoms. The molecule has 1 aliphatic rings. The van der Waals surface area contributed by atoms with Crippen molar-refractivity contribution in [2.24, 2.45) is 0 Å². The average molecular weight is 346 g/mol. The van der Waals surface area contributed by atoms with Crippen molar-refractivity contribution in [3.63, 3.8) is 0 Å². The lowest BCUT2D eigenvalue weighted by Crippen LogP contribution is -2.30. The Bertz CT molecular complexity index is 948. The highest BCUT2D eigenvalue weighted by Gasteiger charge is 2.15. The second kappa shape index (κ2) is 7.12. The number of carbonyl (C=O) groups is 1. The van der Waals surface area contributed by atoms with E-state index in [1.54, 1.807) is 7.05 Å². The van der Waals surface area contributed by atoms with Crippen molar-refractivity contribution in [3.8, 4) is 11.1 Å². The smallest absolute Gasteiger partial charge is 0.251 e. The van der Waals surface area contributed by atoms with E-state index in [1.807, 2.05) is 48.7 Å². The molecule has 4 rings (SSSR count). The van der Waals surface area contributed by atoms with Crippen LogP contribution in [0.2, 0.25) is 0 Å². The number of hydrogen-bond donors (Lipinski definition) is 1. The lowest BCUT2D eigenvalue weighted by molar-refractivity contribution is 0.0963. The summed E-state index contributed by atoms with van der Waals surface area (Å²) in [4.78, 5) is 23.9. The minimum atomic E-state index is -0.0890. The van der Waals surface area contributed by atoms with E-state index in [4.69, 9.17) is 4.98 Å². The molecule has 5 heteroatoms. The van der Waals surface area contributed by atoms with E-state index in [-0.39, 0.29) is 5.91 Å². The van der Waals surface area contributed by atoms with Crippen LogP contribution in [-0.4, -0.2) is 36.0 Å². The van der Waals surface area contributed by atoms with E-state index in [9.17, 15) is 4.79 Å². The normalized spacial score (nSPS) is 14.4. The molecule has 0 spiro atoms. The molecule has 3 aromatic rings. The van der Waals surface area contributed by atoms with Crippen molar-refractivity contribution in [2.45, 2.75) is 19.3 Å². The van der Waals surface area contributed by atoms with Crippen LogP contribution >= 0.6 is 0 Å². The molecule has 1 N–H and O–H groups in total. The summed E-state index contributed by atoms with van der Waals surface area (Å²) in [5, 5.41) is 2.71. The first kappa shape index (κ1) is 16.5. The lowest BCUT2D eigenvalue weighted by Gasteiger charge is -2.27. The van der Waals surface area contributed by atoms with Crippen LogP contribution in [0.1, 0.15) is 29.6 Å². The zero-order valence-electron chi connectivity index (χ0n) is 14.9. The third kappa shape index (κ3) is 3.12. The van der Waals surface area contributed by atoms with Crippen LogP contribution in [0.25, 0.3) is 22.2 Å². The maximum Gasteiger partial charge on any atom is 0.251 e. The van der Waals surface area contributed by atoms with E-state index in [0.29, 0.717) is 5.56 Å². The molecule has 0 atom stereocenters. The summed E-state index contributed by atoms with van der Waals surface area (Å²) in [5.41, 5.74) is 4.26. The Hall–Kier alpha value is -2.95. The fourth-order valence-electron chi connectivity index (χ4n) is 3.51. The zero-order chi connectivity index (χ0) is 17.9. The molecular weight excluding hydrogens is 324 g/mol. The molecule has 26 heavy (non-hydrogen) atoms. The molecule has 2 aromatic carbocycles. The minimum Gasteiger partial charge on any atom is -0.355 e. The number of anilines is 1. The lowest BCUT2D eigenvalue weighted by atomic mass is 9.98. The van der Waals surface area contributed by atoms with Gasteiger partial charge in [-0.2, -0.15) is 0 Å². The van der Waals surface area contributed by atoms with Crippen molar-refractivity contribution in [2.75, 3.05) is 25.0 Å². The Morgan fingerprint density at radius 3 is 2.65 bits per heavy atom. The number of benzene rings is 2. The SMILES string of the molecule is CNC(=O)c1ccccc1-c1ccc2ncc(N3CCCCC3)nc2c1. The highest BCUT2D eigenvalue weighted by atomic mass is 16.1. The molecule has 1 aliphatic heterocycles. The quantitative estimate of drug-likeness (QED) is 0.786. The number of piperidine rings is 1. The van der Waals surface area contributed by atoms with Gasteiger partial charge in [0.2, 0.25) is 0 Å². The van der Waals surface area contributed by atoms with Gasteiger partial charge in [-0.15, -0.1) is 0 Å². The van der Waals surface area contributed by atoms with Crippen LogP contribution in [0.4, 0.5) is 5.82 Å². The van der Waals surface area contributed by atoms with Gasteiger partial charge in [-0.05, 0) is 48.6 Å². The van der Waals surface area contributed by atoms with Crippen LogP contribution in [0, 0.1) is 0 Å². The van der Waals surface area contributed by atoms with Crippen molar-refractivity contribution >= 4 is 22.8 Å². The highest BCUT2D eigenvalue weighted by molar-refractivity contribution is 6.01. The molecule has 0 saturated carbocycles. The molecule has 1 amide bonds. The number of carbonyl (C=O) groups excluding carboxylic acids is 1. The van der Waals surface area contributed by atoms with E-state index >= 15 is 0 Å². The van der Waals surface area contributed by atoms with Gasteiger partial charge >= 0.3 is 0 Å². The van der Waals surface area contributed by atoms with Crippen LogP contribution < -0.4 is 10.2 Å². The molecule has 1 aromatic heterocycles. The molecule has 0 aliphatic carbocycles. The fourth-order valence-corrected chi connectivity index (χ4v) is 3.51. The number of nitrogens with one attached hydrogen (secondary N) is 1. The van der Waals surface area contributed by atoms with Gasteiger partial charge in [-0.25, -0.2) is 4.98 Å². The van der Waals surface area contributed by atoms with Gasteiger partial charge < -0.3 is 10.2 Å². The molecule has 0 radical (unpaired) electrons. The van der Waals surface area contributed by atoms with Crippen molar-refractivity contribution in [3.05, 3.63) is 54.2 Å². The second-order valence-electron chi connectivity index (χ2n) is 6.60. The molecule has 5 nitrogen and oxygen atoms in total. The number of amides is 1. The molecule has 0 unspecified atom stereocenters. The molecule has 1 saturated heterocycles. The minimum absolute atomic E-state index is 0.0890. The van der Waals surface area contributed by atoms with E-state index < -0.39 is 0 Å². The van der Waals surface area contributed by atoms with Crippen LogP contribution in [0.3, 0.4) is 0 Å². The van der Waals surface area contributed by atoms with Crippen LogP contribution in [0.5, 0.6) is 0 Å². The molecule has 1 fully saturated rings. The summed E-state index contributed by atoms with van der Waals surface area (Å²) in [5.74, 6) is 0.850. The number of hydrogen-bond acceptors (Lipinski definition) is 4. The molecule has 2 heterocycles. The Kier molecular flexibility index (Phi) is 4.52. The standard InChI is InChI=1S/C21H22N4O/c1-22-21(26)17-8-4-3-7-16(17)15-9-10-18-19(13-15)24-20(14-23-18)25-11-5-2-6-12-25/h3-4,7-10,13-14H,2,5-6,11-12H2,1H3,(H,22,26). The number of aromatic nitrogens is 2. The van der Waals surface area contributed by atoms with Gasteiger partial charge in [0, 0.05) is 25.7 Å². The molecule has 132 valence electrons. The Morgan fingerprint density at radius 2 is 1.85 bits per heavy atom. The van der Waals surface area contributed by atoms with Crippen LogP contribution in [-0.2, 0) is 0 Å². The van der Waals surface area contributed by atoms with Gasteiger partial charge in [-0.1, -0.05) is 24.3 Å². The third-order valence-corrected chi connectivity index (χ3v) is 4.92. The van der Waals surface area contributed by atoms with Crippen molar-refractivity contribution in [1.82, 2.24) is 15.3 Å². The summed E-state index contributed by atoms with van der Waals surface area (Å²) in [6, 6.07) is 13.6. The van der Waals surface area contributed by atoms with Crippen molar-refractivity contribution < 1.29 is 4.79 Å². The summed E-state index contributed by atoms with van der Waals surface area (Å²) < 4.78 is 0. The van der Waals surface area contributed by atoms with E-state index in [2.05, 4.69) is 15.2 Å². The molecular formula is C21H22N4O. The topological polar surface area (TPSA) is 58.1 Å². The van der Waals surface area contributed by atoms with E-state index in [1.165, 1.54) is 19.3 Å². The Balaban J connectivity index is 1.76. The van der Waals surface area contributed by atoms with Gasteiger partial charge in [0.1, 0.15) is 5.82 Å². The Labute approximate surface area is 153 Å². The van der Waals surface area contributed by atoms with Gasteiger partial charge in [0.05, 0.1) is 17.2 Å². The predicted octanol–water partition coefficient (Wildman–Crippen LogP) is 3.65. The second-order valence-corrected chi connectivity index (χ2v) is 6.60.